The van der Waals surface area contributed by atoms with Crippen LogP contribution in [0.15, 0.2) is 65.6 Å². The lowest BCUT2D eigenvalue weighted by atomic mass is 9.94. The normalized spacial score (nSPS) is 12.0. The van der Waals surface area contributed by atoms with Crippen molar-refractivity contribution in [2.24, 2.45) is 0 Å². The standard InChI is InChI=1S/C20H17F2NO4S2/c1-28(24,25)16-7-3-13(4-8-16)19-12-15(23-29(2,26)27)6-10-17(19)18-9-5-14(21)11-20(18)22/h3-12,23H,1-2H3. The number of sulfone groups is 1. The highest BCUT2D eigenvalue weighted by Gasteiger charge is 2.15. The van der Waals surface area contributed by atoms with Crippen LogP contribution in [0.3, 0.4) is 0 Å². The Bertz CT molecular complexity index is 1290. The van der Waals surface area contributed by atoms with Crippen molar-refractivity contribution < 1.29 is 25.6 Å². The minimum Gasteiger partial charge on any atom is -0.284 e. The molecule has 0 aliphatic heterocycles. The van der Waals surface area contributed by atoms with Crippen LogP contribution in [-0.4, -0.2) is 29.3 Å². The summed E-state index contributed by atoms with van der Waals surface area (Å²) in [6, 6.07) is 13.6. The number of anilines is 1. The summed E-state index contributed by atoms with van der Waals surface area (Å²) >= 11 is 0. The predicted octanol–water partition coefficient (Wildman–Crippen LogP) is 4.07. The predicted molar refractivity (Wildman–Crippen MR) is 109 cm³/mol. The maximum absolute atomic E-state index is 14.4. The average Bonchev–Trinajstić information content (AvgIpc) is 2.60. The van der Waals surface area contributed by atoms with Gasteiger partial charge in [0.15, 0.2) is 9.84 Å². The third-order valence-corrected chi connectivity index (χ3v) is 5.87. The van der Waals surface area contributed by atoms with E-state index in [2.05, 4.69) is 4.72 Å². The van der Waals surface area contributed by atoms with Crippen molar-refractivity contribution in [2.45, 2.75) is 4.90 Å². The van der Waals surface area contributed by atoms with E-state index in [0.717, 1.165) is 24.6 Å². The second-order valence-corrected chi connectivity index (χ2v) is 10.3. The molecule has 0 saturated carbocycles. The van der Waals surface area contributed by atoms with Gasteiger partial charge in [-0.1, -0.05) is 18.2 Å². The summed E-state index contributed by atoms with van der Waals surface area (Å²) in [4.78, 5) is 0.112. The molecule has 9 heteroatoms. The zero-order valence-electron chi connectivity index (χ0n) is 15.5. The first-order valence-electron chi connectivity index (χ1n) is 8.32. The van der Waals surface area contributed by atoms with Crippen molar-refractivity contribution >= 4 is 25.5 Å². The van der Waals surface area contributed by atoms with Gasteiger partial charge in [-0.2, -0.15) is 0 Å². The van der Waals surface area contributed by atoms with Gasteiger partial charge in [0.05, 0.1) is 11.2 Å². The first-order chi connectivity index (χ1) is 13.4. The highest BCUT2D eigenvalue weighted by atomic mass is 32.2. The highest BCUT2D eigenvalue weighted by molar-refractivity contribution is 7.92. The van der Waals surface area contributed by atoms with E-state index in [-0.39, 0.29) is 16.1 Å². The van der Waals surface area contributed by atoms with Crippen molar-refractivity contribution in [2.75, 3.05) is 17.2 Å². The van der Waals surface area contributed by atoms with E-state index in [1.165, 1.54) is 36.4 Å². The number of halogens is 2. The van der Waals surface area contributed by atoms with E-state index >= 15 is 0 Å². The lowest BCUT2D eigenvalue weighted by Crippen LogP contribution is -2.09. The first kappa shape index (κ1) is 20.9. The molecule has 29 heavy (non-hydrogen) atoms. The summed E-state index contributed by atoms with van der Waals surface area (Å²) in [7, 11) is -6.95. The number of hydrogen-bond acceptors (Lipinski definition) is 4. The molecular formula is C20H17F2NO4S2. The Balaban J connectivity index is 2.21. The van der Waals surface area contributed by atoms with Crippen molar-refractivity contribution in [1.82, 2.24) is 0 Å². The Kier molecular flexibility index (Phi) is 5.46. The van der Waals surface area contributed by atoms with Crippen LogP contribution in [0.1, 0.15) is 0 Å². The molecule has 0 aliphatic rings. The lowest BCUT2D eigenvalue weighted by molar-refractivity contribution is 0.585. The third-order valence-electron chi connectivity index (χ3n) is 4.14. The molecule has 0 radical (unpaired) electrons. The molecule has 0 bridgehead atoms. The molecule has 3 aromatic carbocycles. The molecule has 3 aromatic rings. The lowest BCUT2D eigenvalue weighted by Gasteiger charge is -2.14. The van der Waals surface area contributed by atoms with Crippen LogP contribution < -0.4 is 4.72 Å². The summed E-state index contributed by atoms with van der Waals surface area (Å²) in [6.45, 7) is 0. The van der Waals surface area contributed by atoms with Gasteiger partial charge >= 0.3 is 0 Å². The van der Waals surface area contributed by atoms with Crippen molar-refractivity contribution in [1.29, 1.82) is 0 Å². The summed E-state index contributed by atoms with van der Waals surface area (Å²) in [5.41, 5.74) is 1.76. The monoisotopic (exact) mass is 437 g/mol. The molecule has 0 amide bonds. The quantitative estimate of drug-likeness (QED) is 0.652. The van der Waals surface area contributed by atoms with Gasteiger partial charge < -0.3 is 0 Å². The van der Waals surface area contributed by atoms with Gasteiger partial charge in [-0.25, -0.2) is 25.6 Å². The summed E-state index contributed by atoms with van der Waals surface area (Å²) in [5.74, 6) is -1.50. The molecule has 0 fully saturated rings. The Morgan fingerprint density at radius 2 is 1.34 bits per heavy atom. The van der Waals surface area contributed by atoms with Gasteiger partial charge in [-0.15, -0.1) is 0 Å². The van der Waals surface area contributed by atoms with E-state index in [9.17, 15) is 25.6 Å². The number of sulfonamides is 1. The van der Waals surface area contributed by atoms with E-state index in [1.807, 2.05) is 0 Å². The van der Waals surface area contributed by atoms with Crippen molar-refractivity contribution in [3.8, 4) is 22.3 Å². The van der Waals surface area contributed by atoms with Gasteiger partial charge in [0.25, 0.3) is 0 Å². The van der Waals surface area contributed by atoms with Gasteiger partial charge in [-0.3, -0.25) is 4.72 Å². The molecule has 3 rings (SSSR count). The third kappa shape index (κ3) is 4.99. The Labute approximate surface area is 168 Å². The number of nitrogens with one attached hydrogen (secondary N) is 1. The zero-order valence-corrected chi connectivity index (χ0v) is 17.1. The van der Waals surface area contributed by atoms with Crippen LogP contribution in [-0.2, 0) is 19.9 Å². The molecule has 0 atom stereocenters. The highest BCUT2D eigenvalue weighted by Crippen LogP contribution is 2.36. The number of benzene rings is 3. The maximum atomic E-state index is 14.4. The summed E-state index contributed by atoms with van der Waals surface area (Å²) < 4.78 is 76.6. The van der Waals surface area contributed by atoms with Gasteiger partial charge in [0.1, 0.15) is 11.6 Å². The molecule has 0 unspecified atom stereocenters. The van der Waals surface area contributed by atoms with Crippen LogP contribution in [0.5, 0.6) is 0 Å². The van der Waals surface area contributed by atoms with E-state index < -0.39 is 31.5 Å². The largest absolute Gasteiger partial charge is 0.284 e. The molecule has 5 nitrogen and oxygen atoms in total. The molecule has 0 aromatic heterocycles. The fourth-order valence-corrected chi connectivity index (χ4v) is 4.07. The minimum atomic E-state index is -3.55. The maximum Gasteiger partial charge on any atom is 0.229 e. The average molecular weight is 437 g/mol. The Morgan fingerprint density at radius 1 is 0.724 bits per heavy atom. The Hall–Kier alpha value is -2.78. The van der Waals surface area contributed by atoms with Crippen LogP contribution in [0.4, 0.5) is 14.5 Å². The molecule has 0 spiro atoms. The van der Waals surface area contributed by atoms with Crippen LogP contribution in [0, 0.1) is 11.6 Å². The first-order valence-corrected chi connectivity index (χ1v) is 12.1. The van der Waals surface area contributed by atoms with Gasteiger partial charge in [-0.05, 0) is 53.1 Å². The van der Waals surface area contributed by atoms with Gasteiger partial charge in [0.2, 0.25) is 10.0 Å². The fourth-order valence-electron chi connectivity index (χ4n) is 2.89. The second kappa shape index (κ2) is 7.57. The van der Waals surface area contributed by atoms with Gasteiger partial charge in [0, 0.05) is 23.6 Å². The van der Waals surface area contributed by atoms with E-state index in [0.29, 0.717) is 16.7 Å². The number of hydrogen-bond donors (Lipinski definition) is 1. The van der Waals surface area contributed by atoms with Crippen LogP contribution in [0.25, 0.3) is 22.3 Å². The van der Waals surface area contributed by atoms with E-state index in [4.69, 9.17) is 0 Å². The molecule has 0 saturated heterocycles. The molecular weight excluding hydrogens is 420 g/mol. The summed E-state index contributed by atoms with van der Waals surface area (Å²) in [5, 5.41) is 0. The molecule has 0 aliphatic carbocycles. The molecule has 152 valence electrons. The SMILES string of the molecule is CS(=O)(=O)Nc1ccc(-c2ccc(F)cc2F)c(-c2ccc(S(C)(=O)=O)cc2)c1. The second-order valence-electron chi connectivity index (χ2n) is 6.56. The molecule has 0 heterocycles. The van der Waals surface area contributed by atoms with E-state index in [1.54, 1.807) is 12.1 Å². The fraction of sp³-hybridized carbons (Fsp3) is 0.100. The smallest absolute Gasteiger partial charge is 0.229 e. The number of rotatable bonds is 5. The molecule has 1 N–H and O–H groups in total. The summed E-state index contributed by atoms with van der Waals surface area (Å²) in [6.07, 6.45) is 2.08. The minimum absolute atomic E-state index is 0.112. The van der Waals surface area contributed by atoms with Crippen molar-refractivity contribution in [3.05, 3.63) is 72.3 Å². The van der Waals surface area contributed by atoms with Crippen molar-refractivity contribution in [3.63, 3.8) is 0 Å². The Morgan fingerprint density at radius 3 is 1.90 bits per heavy atom. The van der Waals surface area contributed by atoms with Crippen LogP contribution >= 0.6 is 0 Å². The zero-order chi connectivity index (χ0) is 21.4. The van der Waals surface area contributed by atoms with Crippen LogP contribution in [0.2, 0.25) is 0 Å². The topological polar surface area (TPSA) is 80.3 Å².